The van der Waals surface area contributed by atoms with Crippen LogP contribution in [-0.4, -0.2) is 30.0 Å². The van der Waals surface area contributed by atoms with Crippen LogP contribution in [0.5, 0.6) is 5.75 Å². The minimum absolute atomic E-state index is 0.150. The zero-order valence-corrected chi connectivity index (χ0v) is 12.7. The Morgan fingerprint density at radius 3 is 2.83 bits per heavy atom. The normalized spacial score (nSPS) is 13.3. The molecule has 2 aromatic rings. The SMILES string of the molecule is O=Cc1c(OCc2cccc3c2CCNC3)cccc1B(O)O. The second-order valence-electron chi connectivity index (χ2n) is 5.52. The highest BCUT2D eigenvalue weighted by molar-refractivity contribution is 6.60. The summed E-state index contributed by atoms with van der Waals surface area (Å²) in [7, 11) is -1.70. The maximum Gasteiger partial charge on any atom is 0.489 e. The van der Waals surface area contributed by atoms with Gasteiger partial charge in [-0.15, -0.1) is 0 Å². The van der Waals surface area contributed by atoms with Crippen LogP contribution >= 0.6 is 0 Å². The minimum atomic E-state index is -1.70. The largest absolute Gasteiger partial charge is 0.489 e. The van der Waals surface area contributed by atoms with E-state index in [4.69, 9.17) is 4.74 Å². The molecule has 0 fully saturated rings. The molecule has 0 unspecified atom stereocenters. The Labute approximate surface area is 135 Å². The van der Waals surface area contributed by atoms with E-state index in [1.165, 1.54) is 17.2 Å². The van der Waals surface area contributed by atoms with Crippen molar-refractivity contribution in [3.63, 3.8) is 0 Å². The van der Waals surface area contributed by atoms with Gasteiger partial charge in [0.25, 0.3) is 0 Å². The van der Waals surface area contributed by atoms with Crippen molar-refractivity contribution in [3.05, 3.63) is 58.7 Å². The van der Waals surface area contributed by atoms with E-state index in [0.29, 0.717) is 18.6 Å². The first-order chi connectivity index (χ1) is 11.2. The molecule has 1 aliphatic rings. The molecule has 3 rings (SSSR count). The Hall–Kier alpha value is -2.15. The molecule has 0 aromatic heterocycles. The number of rotatable bonds is 5. The highest BCUT2D eigenvalue weighted by Crippen LogP contribution is 2.22. The molecule has 3 N–H and O–H groups in total. The van der Waals surface area contributed by atoms with Crippen LogP contribution in [0, 0.1) is 0 Å². The van der Waals surface area contributed by atoms with Crippen LogP contribution in [0.1, 0.15) is 27.0 Å². The second-order valence-corrected chi connectivity index (χ2v) is 5.52. The van der Waals surface area contributed by atoms with E-state index in [0.717, 1.165) is 25.1 Å². The van der Waals surface area contributed by atoms with Gasteiger partial charge < -0.3 is 20.1 Å². The van der Waals surface area contributed by atoms with E-state index in [1.54, 1.807) is 12.1 Å². The Morgan fingerprint density at radius 2 is 2.04 bits per heavy atom. The van der Waals surface area contributed by atoms with Gasteiger partial charge in [-0.1, -0.05) is 30.3 Å². The monoisotopic (exact) mass is 311 g/mol. The zero-order valence-electron chi connectivity index (χ0n) is 12.7. The fraction of sp³-hybridized carbons (Fsp3) is 0.235. The van der Waals surface area contributed by atoms with Gasteiger partial charge in [0.1, 0.15) is 12.4 Å². The summed E-state index contributed by atoms with van der Waals surface area (Å²) in [5, 5.41) is 22.0. The molecule has 5 nitrogen and oxygen atoms in total. The number of nitrogens with one attached hydrogen (secondary N) is 1. The highest BCUT2D eigenvalue weighted by atomic mass is 16.5. The molecule has 0 bridgehead atoms. The average molecular weight is 311 g/mol. The third-order valence-electron chi connectivity index (χ3n) is 4.12. The van der Waals surface area contributed by atoms with Crippen LogP contribution in [0.3, 0.4) is 0 Å². The predicted octanol–water partition coefficient (Wildman–Crippen LogP) is 0.404. The van der Waals surface area contributed by atoms with Crippen molar-refractivity contribution in [1.82, 2.24) is 5.32 Å². The quantitative estimate of drug-likeness (QED) is 0.550. The van der Waals surface area contributed by atoms with Gasteiger partial charge in [0, 0.05) is 6.54 Å². The highest BCUT2D eigenvalue weighted by Gasteiger charge is 2.19. The molecule has 0 amide bonds. The van der Waals surface area contributed by atoms with Crippen LogP contribution in [0.15, 0.2) is 36.4 Å². The molecule has 6 heteroatoms. The number of hydrogen-bond acceptors (Lipinski definition) is 5. The van der Waals surface area contributed by atoms with Crippen LogP contribution in [-0.2, 0) is 19.6 Å². The molecule has 1 heterocycles. The van der Waals surface area contributed by atoms with Gasteiger partial charge in [0.2, 0.25) is 0 Å². The number of carbonyl (C=O) groups is 1. The zero-order chi connectivity index (χ0) is 16.2. The molecule has 0 radical (unpaired) electrons. The smallest absolute Gasteiger partial charge is 0.488 e. The lowest BCUT2D eigenvalue weighted by atomic mass is 9.77. The van der Waals surface area contributed by atoms with E-state index in [2.05, 4.69) is 11.4 Å². The Balaban J connectivity index is 1.84. The van der Waals surface area contributed by atoms with Crippen molar-refractivity contribution in [1.29, 1.82) is 0 Å². The van der Waals surface area contributed by atoms with E-state index < -0.39 is 7.12 Å². The molecule has 118 valence electrons. The Kier molecular flexibility index (Phi) is 4.76. The summed E-state index contributed by atoms with van der Waals surface area (Å²) in [6, 6.07) is 10.9. The molecular weight excluding hydrogens is 293 g/mol. The summed E-state index contributed by atoms with van der Waals surface area (Å²) in [4.78, 5) is 11.3. The first-order valence-electron chi connectivity index (χ1n) is 7.58. The van der Waals surface area contributed by atoms with Gasteiger partial charge in [0.05, 0.1) is 5.56 Å². The summed E-state index contributed by atoms with van der Waals surface area (Å²) < 4.78 is 5.80. The summed E-state index contributed by atoms with van der Waals surface area (Å²) >= 11 is 0. The second kappa shape index (κ2) is 6.96. The van der Waals surface area contributed by atoms with Crippen molar-refractivity contribution in [2.24, 2.45) is 0 Å². The number of ether oxygens (including phenoxy) is 1. The first kappa shape index (κ1) is 15.7. The van der Waals surface area contributed by atoms with Crippen LogP contribution in [0.4, 0.5) is 0 Å². The topological polar surface area (TPSA) is 78.8 Å². The molecule has 0 spiro atoms. The summed E-state index contributed by atoms with van der Waals surface area (Å²) in [6.07, 6.45) is 1.54. The molecule has 0 atom stereocenters. The molecule has 23 heavy (non-hydrogen) atoms. The first-order valence-corrected chi connectivity index (χ1v) is 7.58. The Morgan fingerprint density at radius 1 is 1.22 bits per heavy atom. The number of aldehydes is 1. The van der Waals surface area contributed by atoms with Crippen molar-refractivity contribution >= 4 is 18.9 Å². The fourth-order valence-electron chi connectivity index (χ4n) is 2.94. The number of fused-ring (bicyclic) bond motifs is 1. The van der Waals surface area contributed by atoms with Gasteiger partial charge in [-0.3, -0.25) is 4.79 Å². The van der Waals surface area contributed by atoms with Gasteiger partial charge in [0.15, 0.2) is 6.29 Å². The van der Waals surface area contributed by atoms with Gasteiger partial charge in [-0.25, -0.2) is 0 Å². The van der Waals surface area contributed by atoms with Crippen molar-refractivity contribution in [2.45, 2.75) is 19.6 Å². The maximum atomic E-state index is 11.3. The van der Waals surface area contributed by atoms with E-state index in [-0.39, 0.29) is 11.0 Å². The Bertz CT molecular complexity index is 718. The molecule has 0 saturated heterocycles. The lowest BCUT2D eigenvalue weighted by Gasteiger charge is -2.21. The van der Waals surface area contributed by atoms with Crippen LogP contribution in [0.25, 0.3) is 0 Å². The predicted molar refractivity (Wildman–Crippen MR) is 87.8 cm³/mol. The van der Waals surface area contributed by atoms with Gasteiger partial charge in [-0.05, 0) is 41.2 Å². The van der Waals surface area contributed by atoms with E-state index >= 15 is 0 Å². The number of benzene rings is 2. The molecular formula is C17H18BNO4. The summed E-state index contributed by atoms with van der Waals surface area (Å²) in [6.45, 7) is 2.14. The fourth-order valence-corrected chi connectivity index (χ4v) is 2.94. The van der Waals surface area contributed by atoms with Crippen LogP contribution < -0.4 is 15.5 Å². The van der Waals surface area contributed by atoms with E-state index in [1.807, 2.05) is 12.1 Å². The van der Waals surface area contributed by atoms with Crippen molar-refractivity contribution in [3.8, 4) is 5.75 Å². The van der Waals surface area contributed by atoms with Crippen molar-refractivity contribution in [2.75, 3.05) is 6.54 Å². The minimum Gasteiger partial charge on any atom is -0.488 e. The van der Waals surface area contributed by atoms with Gasteiger partial charge >= 0.3 is 7.12 Å². The number of carbonyl (C=O) groups excluding carboxylic acids is 1. The molecule has 0 aliphatic carbocycles. The lowest BCUT2D eigenvalue weighted by molar-refractivity contribution is 0.111. The van der Waals surface area contributed by atoms with E-state index in [9.17, 15) is 14.8 Å². The molecule has 0 saturated carbocycles. The molecule has 2 aromatic carbocycles. The third kappa shape index (κ3) is 3.29. The summed E-state index contributed by atoms with van der Waals surface area (Å²) in [5.41, 5.74) is 3.98. The lowest BCUT2D eigenvalue weighted by Crippen LogP contribution is -2.33. The maximum absolute atomic E-state index is 11.3. The van der Waals surface area contributed by atoms with Crippen molar-refractivity contribution < 1.29 is 19.6 Å². The number of hydrogen-bond donors (Lipinski definition) is 3. The standard InChI is InChI=1S/C17H18BNO4/c20-10-15-16(18(21)22)5-2-6-17(15)23-11-13-4-1-3-12-9-19-8-7-14(12)13/h1-6,10,19,21-22H,7-9,11H2. The average Bonchev–Trinajstić information content (AvgIpc) is 2.59. The third-order valence-corrected chi connectivity index (χ3v) is 4.12. The van der Waals surface area contributed by atoms with Crippen LogP contribution in [0.2, 0.25) is 0 Å². The summed E-state index contributed by atoms with van der Waals surface area (Å²) in [5.74, 6) is 0.358. The molecule has 1 aliphatic heterocycles. The van der Waals surface area contributed by atoms with Gasteiger partial charge in [-0.2, -0.15) is 0 Å².